The van der Waals surface area contributed by atoms with Crippen molar-refractivity contribution in [2.45, 2.75) is 58.8 Å². The first kappa shape index (κ1) is 17.7. The molecule has 108 valence electrons. The average Bonchev–Trinajstić information content (AvgIpc) is 2.33. The smallest absolute Gasteiger partial charge is 0.0572 e. The summed E-state index contributed by atoms with van der Waals surface area (Å²) in [6, 6.07) is 0. The molecular formula is C16H32O2. The van der Waals surface area contributed by atoms with E-state index in [2.05, 4.69) is 26.0 Å². The zero-order chi connectivity index (χ0) is 13.7. The van der Waals surface area contributed by atoms with Crippen LogP contribution in [0.25, 0.3) is 0 Å². The molecule has 2 heteroatoms. The van der Waals surface area contributed by atoms with Crippen LogP contribution in [0.5, 0.6) is 0 Å². The summed E-state index contributed by atoms with van der Waals surface area (Å²) in [6.45, 7) is 5.87. The Morgan fingerprint density at radius 3 is 2.00 bits per heavy atom. The van der Waals surface area contributed by atoms with Gasteiger partial charge in [-0.05, 0) is 12.8 Å². The molecule has 0 aliphatic carbocycles. The van der Waals surface area contributed by atoms with Crippen LogP contribution in [0.1, 0.15) is 58.8 Å². The first-order chi connectivity index (χ1) is 8.68. The highest BCUT2D eigenvalue weighted by molar-refractivity contribution is 4.97. The number of ether oxygens (including phenoxy) is 2. The molecule has 0 atom stereocenters. The molecule has 0 radical (unpaired) electrons. The van der Waals surface area contributed by atoms with Gasteiger partial charge >= 0.3 is 0 Å². The van der Waals surface area contributed by atoms with Gasteiger partial charge in [-0.3, -0.25) is 0 Å². The first-order valence-electron chi connectivity index (χ1n) is 7.34. The van der Waals surface area contributed by atoms with E-state index in [0.717, 1.165) is 0 Å². The van der Waals surface area contributed by atoms with Crippen LogP contribution in [0.3, 0.4) is 0 Å². The molecule has 0 saturated heterocycles. The molecule has 0 heterocycles. The van der Waals surface area contributed by atoms with Gasteiger partial charge in [0, 0.05) is 19.6 Å². The van der Waals surface area contributed by atoms with Crippen molar-refractivity contribution in [3.63, 3.8) is 0 Å². The summed E-state index contributed by atoms with van der Waals surface area (Å²) in [7, 11) is 3.49. The summed E-state index contributed by atoms with van der Waals surface area (Å²) in [5.41, 5.74) is 0.0196. The minimum absolute atomic E-state index is 0.0196. The maximum Gasteiger partial charge on any atom is 0.0572 e. The molecular weight excluding hydrogens is 224 g/mol. The maximum absolute atomic E-state index is 5.25. The van der Waals surface area contributed by atoms with Crippen LogP contribution in [0, 0.1) is 5.41 Å². The third kappa shape index (κ3) is 9.67. The lowest BCUT2D eigenvalue weighted by atomic mass is 9.92. The molecule has 0 rings (SSSR count). The summed E-state index contributed by atoms with van der Waals surface area (Å²) in [5.74, 6) is 0. The predicted molar refractivity (Wildman–Crippen MR) is 79.0 cm³/mol. The van der Waals surface area contributed by atoms with Gasteiger partial charge in [0.2, 0.25) is 0 Å². The van der Waals surface area contributed by atoms with Crippen LogP contribution in [0.4, 0.5) is 0 Å². The molecule has 0 spiro atoms. The summed E-state index contributed by atoms with van der Waals surface area (Å²) in [6.07, 6.45) is 13.9. The third-order valence-electron chi connectivity index (χ3n) is 3.19. The van der Waals surface area contributed by atoms with E-state index in [4.69, 9.17) is 9.47 Å². The number of unbranched alkanes of at least 4 members (excludes halogenated alkanes) is 6. The molecule has 18 heavy (non-hydrogen) atoms. The highest BCUT2D eigenvalue weighted by Gasteiger charge is 2.20. The fourth-order valence-electron chi connectivity index (χ4n) is 2.21. The highest BCUT2D eigenvalue weighted by Crippen LogP contribution is 2.20. The van der Waals surface area contributed by atoms with Crippen LogP contribution >= 0.6 is 0 Å². The van der Waals surface area contributed by atoms with Gasteiger partial charge in [0.05, 0.1) is 13.2 Å². The summed E-state index contributed by atoms with van der Waals surface area (Å²) in [5, 5.41) is 0. The van der Waals surface area contributed by atoms with Crippen molar-refractivity contribution in [3.05, 3.63) is 12.2 Å². The van der Waals surface area contributed by atoms with Crippen LogP contribution in [-0.4, -0.2) is 27.4 Å². The molecule has 0 aromatic carbocycles. The quantitative estimate of drug-likeness (QED) is 0.375. The van der Waals surface area contributed by atoms with Crippen molar-refractivity contribution in [3.8, 4) is 0 Å². The van der Waals surface area contributed by atoms with Gasteiger partial charge in [0.25, 0.3) is 0 Å². The fourth-order valence-corrected chi connectivity index (χ4v) is 2.21. The molecule has 0 aromatic heterocycles. The van der Waals surface area contributed by atoms with Gasteiger partial charge in [0.15, 0.2) is 0 Å². The van der Waals surface area contributed by atoms with Crippen LogP contribution in [0.15, 0.2) is 12.2 Å². The van der Waals surface area contributed by atoms with Gasteiger partial charge in [-0.1, -0.05) is 58.1 Å². The summed E-state index contributed by atoms with van der Waals surface area (Å²) >= 11 is 0. The van der Waals surface area contributed by atoms with Gasteiger partial charge in [-0.2, -0.15) is 0 Å². The van der Waals surface area contributed by atoms with Crippen molar-refractivity contribution in [2.24, 2.45) is 5.41 Å². The Kier molecular flexibility index (Phi) is 11.5. The Labute approximate surface area is 114 Å². The lowest BCUT2D eigenvalue weighted by Crippen LogP contribution is -2.25. The van der Waals surface area contributed by atoms with Crippen molar-refractivity contribution >= 4 is 0 Å². The number of hydrogen-bond acceptors (Lipinski definition) is 2. The van der Waals surface area contributed by atoms with Crippen molar-refractivity contribution in [2.75, 3.05) is 27.4 Å². The lowest BCUT2D eigenvalue weighted by molar-refractivity contribution is 0.0515. The Morgan fingerprint density at radius 1 is 0.889 bits per heavy atom. The van der Waals surface area contributed by atoms with E-state index in [0.29, 0.717) is 13.2 Å². The second-order valence-electron chi connectivity index (χ2n) is 5.48. The van der Waals surface area contributed by atoms with Gasteiger partial charge in [-0.15, -0.1) is 0 Å². The van der Waals surface area contributed by atoms with E-state index >= 15 is 0 Å². The zero-order valence-electron chi connectivity index (χ0n) is 12.8. The van der Waals surface area contributed by atoms with E-state index in [1.54, 1.807) is 14.2 Å². The SMILES string of the molecule is CCCCCCCCC=CC(C)(COC)COC. The number of rotatable bonds is 12. The Balaban J connectivity index is 3.70. The molecule has 0 aliphatic heterocycles. The van der Waals surface area contributed by atoms with Gasteiger partial charge in [0.1, 0.15) is 0 Å². The van der Waals surface area contributed by atoms with Crippen molar-refractivity contribution in [1.29, 1.82) is 0 Å². The lowest BCUT2D eigenvalue weighted by Gasteiger charge is -2.23. The molecule has 0 bridgehead atoms. The van der Waals surface area contributed by atoms with E-state index < -0.39 is 0 Å². The zero-order valence-corrected chi connectivity index (χ0v) is 12.8. The van der Waals surface area contributed by atoms with Gasteiger partial charge < -0.3 is 9.47 Å². The topological polar surface area (TPSA) is 18.5 Å². The molecule has 0 aliphatic rings. The number of allylic oxidation sites excluding steroid dienone is 1. The second-order valence-corrected chi connectivity index (χ2v) is 5.48. The largest absolute Gasteiger partial charge is 0.384 e. The van der Waals surface area contributed by atoms with E-state index in [1.165, 1.54) is 44.9 Å². The van der Waals surface area contributed by atoms with Gasteiger partial charge in [-0.25, -0.2) is 0 Å². The maximum atomic E-state index is 5.25. The van der Waals surface area contributed by atoms with Crippen molar-refractivity contribution < 1.29 is 9.47 Å². The molecule has 0 saturated carbocycles. The second kappa shape index (κ2) is 11.7. The van der Waals surface area contributed by atoms with E-state index in [1.807, 2.05) is 0 Å². The monoisotopic (exact) mass is 256 g/mol. The summed E-state index contributed by atoms with van der Waals surface area (Å²) < 4.78 is 10.5. The normalized spacial score (nSPS) is 12.4. The first-order valence-corrected chi connectivity index (χ1v) is 7.34. The molecule has 0 amide bonds. The number of hydrogen-bond donors (Lipinski definition) is 0. The summed E-state index contributed by atoms with van der Waals surface area (Å²) in [4.78, 5) is 0. The van der Waals surface area contributed by atoms with Crippen LogP contribution < -0.4 is 0 Å². The highest BCUT2D eigenvalue weighted by atomic mass is 16.5. The van der Waals surface area contributed by atoms with Crippen LogP contribution in [0.2, 0.25) is 0 Å². The molecule has 0 aromatic rings. The van der Waals surface area contributed by atoms with E-state index in [-0.39, 0.29) is 5.41 Å². The Morgan fingerprint density at radius 2 is 1.44 bits per heavy atom. The standard InChI is InChI=1S/C16H32O2/c1-5-6-7-8-9-10-11-12-13-16(2,14-17-3)15-18-4/h12-13H,5-11,14-15H2,1-4H3. The van der Waals surface area contributed by atoms with E-state index in [9.17, 15) is 0 Å². The minimum Gasteiger partial charge on any atom is -0.384 e. The van der Waals surface area contributed by atoms with Crippen molar-refractivity contribution in [1.82, 2.24) is 0 Å². The Bertz CT molecular complexity index is 193. The Hall–Kier alpha value is -0.340. The molecule has 2 nitrogen and oxygen atoms in total. The predicted octanol–water partition coefficient (Wildman–Crippen LogP) is 4.59. The minimum atomic E-state index is 0.0196. The molecule has 0 N–H and O–H groups in total. The molecule has 0 unspecified atom stereocenters. The molecule has 0 fully saturated rings. The van der Waals surface area contributed by atoms with Crippen LogP contribution in [-0.2, 0) is 9.47 Å². The fraction of sp³-hybridized carbons (Fsp3) is 0.875. The average molecular weight is 256 g/mol. The third-order valence-corrected chi connectivity index (χ3v) is 3.19. The number of methoxy groups -OCH3 is 2.